The first-order chi connectivity index (χ1) is 11.1. The van der Waals surface area contributed by atoms with Gasteiger partial charge in [-0.25, -0.2) is 0 Å². The normalized spacial score (nSPS) is 10.2. The van der Waals surface area contributed by atoms with Gasteiger partial charge in [0.1, 0.15) is 0 Å². The molecule has 0 saturated heterocycles. The largest absolute Gasteiger partial charge is 0.372 e. The summed E-state index contributed by atoms with van der Waals surface area (Å²) in [4.78, 5) is 26.5. The average molecular weight is 331 g/mol. The molecule has 23 heavy (non-hydrogen) atoms. The van der Waals surface area contributed by atoms with Crippen molar-refractivity contribution in [2.45, 2.75) is 13.8 Å². The number of nitrogens with one attached hydrogen (secondary N) is 2. The number of nitrogens with zero attached hydrogens (tertiary/aromatic N) is 1. The minimum absolute atomic E-state index is 0.0471. The Morgan fingerprint density at radius 2 is 1.78 bits per heavy atom. The van der Waals surface area contributed by atoms with E-state index in [-0.39, 0.29) is 18.4 Å². The van der Waals surface area contributed by atoms with Crippen molar-refractivity contribution in [1.29, 1.82) is 0 Å². The second-order valence-electron chi connectivity index (χ2n) is 4.93. The molecule has 0 saturated carbocycles. The van der Waals surface area contributed by atoms with Gasteiger partial charge in [0, 0.05) is 24.5 Å². The second-order valence-corrected chi connectivity index (χ2v) is 5.88. The fourth-order valence-electron chi connectivity index (χ4n) is 2.20. The number of carbonyl (C=O) groups excluding carboxylic acids is 2. The summed E-state index contributed by atoms with van der Waals surface area (Å²) < 4.78 is 0. The van der Waals surface area contributed by atoms with E-state index >= 15 is 0 Å². The minimum Gasteiger partial charge on any atom is -0.372 e. The van der Waals surface area contributed by atoms with Crippen molar-refractivity contribution in [2.75, 3.05) is 29.9 Å². The number of hydrogen-bond acceptors (Lipinski definition) is 4. The molecule has 1 heterocycles. The Kier molecular flexibility index (Phi) is 6.17. The molecule has 0 aliphatic carbocycles. The highest BCUT2D eigenvalue weighted by Gasteiger charge is 2.09. The first-order valence-electron chi connectivity index (χ1n) is 7.60. The first kappa shape index (κ1) is 17.0. The van der Waals surface area contributed by atoms with Gasteiger partial charge in [0.25, 0.3) is 5.91 Å². The number of amides is 2. The molecule has 0 spiro atoms. The molecular weight excluding hydrogens is 310 g/mol. The van der Waals surface area contributed by atoms with Gasteiger partial charge in [-0.2, -0.15) is 0 Å². The lowest BCUT2D eigenvalue weighted by molar-refractivity contribution is -0.115. The van der Waals surface area contributed by atoms with Crippen LogP contribution in [0.2, 0.25) is 0 Å². The lowest BCUT2D eigenvalue weighted by Gasteiger charge is -2.21. The topological polar surface area (TPSA) is 61.4 Å². The molecule has 0 aliphatic rings. The van der Waals surface area contributed by atoms with Crippen molar-refractivity contribution in [3.63, 3.8) is 0 Å². The lowest BCUT2D eigenvalue weighted by Crippen LogP contribution is -2.32. The summed E-state index contributed by atoms with van der Waals surface area (Å²) in [7, 11) is 0. The van der Waals surface area contributed by atoms with Crippen molar-refractivity contribution in [1.82, 2.24) is 5.32 Å². The monoisotopic (exact) mass is 331 g/mol. The standard InChI is InChI=1S/C17H21N3O2S/c1-3-20(4-2)14-9-7-13(8-10-14)19-16(21)12-18-17(22)15-6-5-11-23-15/h5-11H,3-4,12H2,1-2H3,(H,18,22)(H,19,21). The summed E-state index contributed by atoms with van der Waals surface area (Å²) >= 11 is 1.35. The summed E-state index contributed by atoms with van der Waals surface area (Å²) in [5.74, 6) is -0.475. The molecule has 5 nitrogen and oxygen atoms in total. The van der Waals surface area contributed by atoms with Crippen LogP contribution in [0, 0.1) is 0 Å². The zero-order chi connectivity index (χ0) is 16.7. The molecule has 2 N–H and O–H groups in total. The fourth-order valence-corrected chi connectivity index (χ4v) is 2.85. The van der Waals surface area contributed by atoms with Crippen LogP contribution in [0.15, 0.2) is 41.8 Å². The third kappa shape index (κ3) is 4.82. The number of benzene rings is 1. The third-order valence-corrected chi connectivity index (χ3v) is 4.30. The molecule has 0 unspecified atom stereocenters. The number of carbonyl (C=O) groups is 2. The zero-order valence-electron chi connectivity index (χ0n) is 13.3. The predicted octanol–water partition coefficient (Wildman–Crippen LogP) is 2.96. The summed E-state index contributed by atoms with van der Waals surface area (Å²) in [5.41, 5.74) is 1.84. The molecule has 0 fully saturated rings. The Morgan fingerprint density at radius 1 is 1.09 bits per heavy atom. The van der Waals surface area contributed by atoms with Crippen LogP contribution in [-0.4, -0.2) is 31.4 Å². The molecule has 1 aromatic heterocycles. The van der Waals surface area contributed by atoms with Crippen LogP contribution in [0.4, 0.5) is 11.4 Å². The van der Waals surface area contributed by atoms with Gasteiger partial charge in [0.15, 0.2) is 0 Å². The average Bonchev–Trinajstić information content (AvgIpc) is 3.10. The molecule has 2 aromatic rings. The molecule has 2 rings (SSSR count). The molecule has 1 aromatic carbocycles. The zero-order valence-corrected chi connectivity index (χ0v) is 14.2. The first-order valence-corrected chi connectivity index (χ1v) is 8.48. The molecule has 122 valence electrons. The molecule has 2 amide bonds. The Labute approximate surface area is 140 Å². The van der Waals surface area contributed by atoms with E-state index in [9.17, 15) is 9.59 Å². The van der Waals surface area contributed by atoms with Crippen LogP contribution in [0.1, 0.15) is 23.5 Å². The maximum absolute atomic E-state index is 11.9. The maximum atomic E-state index is 11.9. The second kappa shape index (κ2) is 8.33. The number of anilines is 2. The molecular formula is C17H21N3O2S. The van der Waals surface area contributed by atoms with Gasteiger partial charge in [-0.05, 0) is 49.6 Å². The van der Waals surface area contributed by atoms with Crippen LogP contribution in [0.5, 0.6) is 0 Å². The highest BCUT2D eigenvalue weighted by atomic mass is 32.1. The Bertz CT molecular complexity index is 634. The van der Waals surface area contributed by atoms with E-state index < -0.39 is 0 Å². The maximum Gasteiger partial charge on any atom is 0.261 e. The van der Waals surface area contributed by atoms with Crippen LogP contribution in [0.3, 0.4) is 0 Å². The number of thiophene rings is 1. The quantitative estimate of drug-likeness (QED) is 0.820. The van der Waals surface area contributed by atoms with E-state index in [1.807, 2.05) is 29.6 Å². The van der Waals surface area contributed by atoms with E-state index in [1.165, 1.54) is 11.3 Å². The molecule has 0 radical (unpaired) electrons. The van der Waals surface area contributed by atoms with Crippen LogP contribution >= 0.6 is 11.3 Å². The van der Waals surface area contributed by atoms with Gasteiger partial charge in [0.2, 0.25) is 5.91 Å². The van der Waals surface area contributed by atoms with Gasteiger partial charge in [-0.3, -0.25) is 9.59 Å². The van der Waals surface area contributed by atoms with Gasteiger partial charge >= 0.3 is 0 Å². The van der Waals surface area contributed by atoms with E-state index in [2.05, 4.69) is 29.4 Å². The van der Waals surface area contributed by atoms with Crippen LogP contribution < -0.4 is 15.5 Å². The minimum atomic E-state index is -0.245. The van der Waals surface area contributed by atoms with E-state index in [0.717, 1.165) is 24.5 Å². The van der Waals surface area contributed by atoms with Crippen molar-refractivity contribution in [2.24, 2.45) is 0 Å². The van der Waals surface area contributed by atoms with Crippen molar-refractivity contribution < 1.29 is 9.59 Å². The van der Waals surface area contributed by atoms with Gasteiger partial charge in [0.05, 0.1) is 11.4 Å². The summed E-state index contributed by atoms with van der Waals surface area (Å²) in [5, 5.41) is 7.21. The van der Waals surface area contributed by atoms with E-state index in [4.69, 9.17) is 0 Å². The van der Waals surface area contributed by atoms with E-state index in [0.29, 0.717) is 4.88 Å². The summed E-state index contributed by atoms with van der Waals surface area (Å²) in [6.07, 6.45) is 0. The SMILES string of the molecule is CCN(CC)c1ccc(NC(=O)CNC(=O)c2cccs2)cc1. The van der Waals surface area contributed by atoms with Gasteiger partial charge < -0.3 is 15.5 Å². The fraction of sp³-hybridized carbons (Fsp3) is 0.294. The van der Waals surface area contributed by atoms with Crippen molar-refractivity contribution >= 4 is 34.5 Å². The van der Waals surface area contributed by atoms with Gasteiger partial charge in [-0.15, -0.1) is 11.3 Å². The Hall–Kier alpha value is -2.34. The predicted molar refractivity (Wildman–Crippen MR) is 95.3 cm³/mol. The highest BCUT2D eigenvalue weighted by molar-refractivity contribution is 7.12. The Morgan fingerprint density at radius 3 is 2.35 bits per heavy atom. The molecule has 0 atom stereocenters. The molecule has 6 heteroatoms. The summed E-state index contributed by atoms with van der Waals surface area (Å²) in [6.45, 7) is 6.05. The number of hydrogen-bond donors (Lipinski definition) is 2. The molecule has 0 bridgehead atoms. The third-order valence-electron chi connectivity index (χ3n) is 3.43. The molecule has 0 aliphatic heterocycles. The lowest BCUT2D eigenvalue weighted by atomic mass is 10.2. The highest BCUT2D eigenvalue weighted by Crippen LogP contribution is 2.17. The van der Waals surface area contributed by atoms with Crippen LogP contribution in [-0.2, 0) is 4.79 Å². The van der Waals surface area contributed by atoms with Crippen LogP contribution in [0.25, 0.3) is 0 Å². The van der Waals surface area contributed by atoms with Crippen molar-refractivity contribution in [3.05, 3.63) is 46.7 Å². The Balaban J connectivity index is 1.84. The van der Waals surface area contributed by atoms with Gasteiger partial charge in [-0.1, -0.05) is 6.07 Å². The summed E-state index contributed by atoms with van der Waals surface area (Å²) in [6, 6.07) is 11.2. The smallest absolute Gasteiger partial charge is 0.261 e. The van der Waals surface area contributed by atoms with E-state index in [1.54, 1.807) is 12.1 Å². The van der Waals surface area contributed by atoms with Crippen molar-refractivity contribution in [3.8, 4) is 0 Å². The number of rotatable bonds is 7.